The van der Waals surface area contributed by atoms with Crippen molar-refractivity contribution in [1.82, 2.24) is 5.43 Å². The number of hydrogen-bond donors (Lipinski definition) is 2. The van der Waals surface area contributed by atoms with Crippen LogP contribution in [0.4, 0.5) is 5.69 Å². The molecule has 2 aromatic carbocycles. The molecule has 4 heteroatoms. The highest BCUT2D eigenvalue weighted by Gasteiger charge is 1.94. The number of aryl methyl sites for hydroxylation is 1. The number of para-hydroxylation sites is 1. The minimum atomic E-state index is 0.493. The second kappa shape index (κ2) is 8.07. The van der Waals surface area contributed by atoms with Crippen LogP contribution in [0.25, 0.3) is 0 Å². The van der Waals surface area contributed by atoms with Gasteiger partial charge >= 0.3 is 0 Å². The maximum absolute atomic E-state index is 5.14. The molecule has 0 aromatic heterocycles. The van der Waals surface area contributed by atoms with Crippen molar-refractivity contribution in [3.8, 4) is 0 Å². The van der Waals surface area contributed by atoms with Crippen LogP contribution >= 0.6 is 12.2 Å². The van der Waals surface area contributed by atoms with Crippen LogP contribution in [0.3, 0.4) is 0 Å². The normalized spacial score (nSPS) is 10.4. The summed E-state index contributed by atoms with van der Waals surface area (Å²) in [6, 6.07) is 20.1. The summed E-state index contributed by atoms with van der Waals surface area (Å²) in [5, 5.41) is 7.65. The number of nitrogens with zero attached hydrogens (tertiary/aromatic N) is 1. The maximum atomic E-state index is 5.14. The third-order valence-electron chi connectivity index (χ3n) is 2.69. The molecule has 0 saturated carbocycles. The van der Waals surface area contributed by atoms with Gasteiger partial charge in [-0.15, -0.1) is 0 Å². The molecule has 0 aliphatic rings. The van der Waals surface area contributed by atoms with Gasteiger partial charge in [0.25, 0.3) is 0 Å². The van der Waals surface area contributed by atoms with Gasteiger partial charge in [-0.05, 0) is 42.8 Å². The number of rotatable bonds is 5. The Hall–Kier alpha value is -2.20. The second-order valence-corrected chi connectivity index (χ2v) is 4.68. The molecule has 0 aliphatic heterocycles. The zero-order valence-corrected chi connectivity index (χ0v) is 11.9. The summed E-state index contributed by atoms with van der Waals surface area (Å²) in [6.45, 7) is 0. The molecule has 2 rings (SSSR count). The van der Waals surface area contributed by atoms with E-state index in [0.29, 0.717) is 5.11 Å². The van der Waals surface area contributed by atoms with E-state index in [1.807, 2.05) is 54.7 Å². The number of nitrogens with one attached hydrogen (secondary N) is 2. The first-order valence-electron chi connectivity index (χ1n) is 6.52. The first-order chi connectivity index (χ1) is 9.84. The topological polar surface area (TPSA) is 36.4 Å². The van der Waals surface area contributed by atoms with Crippen molar-refractivity contribution < 1.29 is 0 Å². The van der Waals surface area contributed by atoms with E-state index in [0.717, 1.165) is 18.5 Å². The summed E-state index contributed by atoms with van der Waals surface area (Å²) >= 11 is 5.14. The van der Waals surface area contributed by atoms with Gasteiger partial charge in [0, 0.05) is 11.9 Å². The fraction of sp³-hybridized carbons (Fsp3) is 0.125. The summed E-state index contributed by atoms with van der Waals surface area (Å²) in [6.07, 6.45) is 3.70. The predicted molar refractivity (Wildman–Crippen MR) is 89.1 cm³/mol. The number of benzene rings is 2. The molecule has 0 atom stereocenters. The molecule has 0 bridgehead atoms. The summed E-state index contributed by atoms with van der Waals surface area (Å²) in [5.74, 6) is 0. The van der Waals surface area contributed by atoms with E-state index < -0.39 is 0 Å². The van der Waals surface area contributed by atoms with Gasteiger partial charge in [0.1, 0.15) is 0 Å². The van der Waals surface area contributed by atoms with Crippen molar-refractivity contribution in [3.63, 3.8) is 0 Å². The Morgan fingerprint density at radius 2 is 1.65 bits per heavy atom. The van der Waals surface area contributed by atoms with Crippen molar-refractivity contribution in [1.29, 1.82) is 0 Å². The molecule has 0 spiro atoms. The lowest BCUT2D eigenvalue weighted by Gasteiger charge is -2.06. The quantitative estimate of drug-likeness (QED) is 0.500. The lowest BCUT2D eigenvalue weighted by molar-refractivity contribution is 0.999. The number of hydrogen-bond acceptors (Lipinski definition) is 2. The molecular formula is C16H17N3S. The molecule has 2 N–H and O–H groups in total. The highest BCUT2D eigenvalue weighted by atomic mass is 32.1. The molecule has 3 nitrogen and oxygen atoms in total. The zero-order chi connectivity index (χ0) is 14.0. The molecule has 0 saturated heterocycles. The summed E-state index contributed by atoms with van der Waals surface area (Å²) < 4.78 is 0. The first-order valence-corrected chi connectivity index (χ1v) is 6.93. The van der Waals surface area contributed by atoms with Crippen molar-refractivity contribution in [3.05, 3.63) is 66.2 Å². The minimum absolute atomic E-state index is 0.493. The van der Waals surface area contributed by atoms with Gasteiger partial charge in [-0.1, -0.05) is 48.5 Å². The highest BCUT2D eigenvalue weighted by molar-refractivity contribution is 7.80. The van der Waals surface area contributed by atoms with Crippen molar-refractivity contribution >= 4 is 29.2 Å². The van der Waals surface area contributed by atoms with Gasteiger partial charge in [-0.2, -0.15) is 5.10 Å². The molecule has 0 amide bonds. The predicted octanol–water partition coefficient (Wildman–Crippen LogP) is 3.59. The van der Waals surface area contributed by atoms with Crippen molar-refractivity contribution in [2.45, 2.75) is 12.8 Å². The molecule has 0 aliphatic carbocycles. The summed E-state index contributed by atoms with van der Waals surface area (Å²) in [4.78, 5) is 0. The Morgan fingerprint density at radius 1 is 1.00 bits per heavy atom. The number of anilines is 1. The average Bonchev–Trinajstić information content (AvgIpc) is 2.49. The van der Waals surface area contributed by atoms with Crippen molar-refractivity contribution in [2.75, 3.05) is 5.32 Å². The van der Waals surface area contributed by atoms with Gasteiger partial charge in [0.2, 0.25) is 0 Å². The monoisotopic (exact) mass is 283 g/mol. The third kappa shape index (κ3) is 5.20. The van der Waals surface area contributed by atoms with Gasteiger partial charge < -0.3 is 5.32 Å². The van der Waals surface area contributed by atoms with Crippen LogP contribution in [0.1, 0.15) is 12.0 Å². The van der Waals surface area contributed by atoms with Crippen LogP contribution in [0.2, 0.25) is 0 Å². The van der Waals surface area contributed by atoms with Crippen LogP contribution in [0.15, 0.2) is 65.8 Å². The van der Waals surface area contributed by atoms with Crippen LogP contribution in [0, 0.1) is 0 Å². The molecule has 0 fully saturated rings. The Bertz CT molecular complexity index is 552. The zero-order valence-electron chi connectivity index (χ0n) is 11.1. The molecular weight excluding hydrogens is 266 g/mol. The number of thiocarbonyl (C=S) groups is 1. The molecule has 2 aromatic rings. The SMILES string of the molecule is S=C(N/N=C/CCc1ccccc1)Nc1ccccc1. The molecule has 0 unspecified atom stereocenters. The molecule has 102 valence electrons. The standard InChI is InChI=1S/C16H17N3S/c20-16(18-15-11-5-2-6-12-15)19-17-13-7-10-14-8-3-1-4-9-14/h1-6,8-9,11-13H,7,10H2,(H2,18,19,20)/b17-13+. The third-order valence-corrected chi connectivity index (χ3v) is 2.89. The summed E-state index contributed by atoms with van der Waals surface area (Å²) in [5.41, 5.74) is 5.06. The van der Waals surface area contributed by atoms with E-state index in [2.05, 4.69) is 28.0 Å². The second-order valence-electron chi connectivity index (χ2n) is 4.27. The lowest BCUT2D eigenvalue weighted by Crippen LogP contribution is -2.23. The number of hydrazone groups is 1. The molecule has 0 radical (unpaired) electrons. The fourth-order valence-electron chi connectivity index (χ4n) is 1.73. The smallest absolute Gasteiger partial charge is 0.191 e. The Kier molecular flexibility index (Phi) is 5.73. The van der Waals surface area contributed by atoms with E-state index in [4.69, 9.17) is 12.2 Å². The van der Waals surface area contributed by atoms with Crippen LogP contribution < -0.4 is 10.7 Å². The van der Waals surface area contributed by atoms with Crippen LogP contribution in [0.5, 0.6) is 0 Å². The Balaban J connectivity index is 1.67. The van der Waals surface area contributed by atoms with E-state index in [1.165, 1.54) is 5.56 Å². The summed E-state index contributed by atoms with van der Waals surface area (Å²) in [7, 11) is 0. The fourth-order valence-corrected chi connectivity index (χ4v) is 1.90. The van der Waals surface area contributed by atoms with Crippen LogP contribution in [-0.4, -0.2) is 11.3 Å². The van der Waals surface area contributed by atoms with Gasteiger partial charge in [-0.3, -0.25) is 5.43 Å². The van der Waals surface area contributed by atoms with E-state index in [1.54, 1.807) is 0 Å². The van der Waals surface area contributed by atoms with E-state index >= 15 is 0 Å². The lowest BCUT2D eigenvalue weighted by atomic mass is 10.1. The average molecular weight is 283 g/mol. The molecule has 20 heavy (non-hydrogen) atoms. The Morgan fingerprint density at radius 3 is 2.35 bits per heavy atom. The minimum Gasteiger partial charge on any atom is -0.331 e. The Labute approximate surface area is 124 Å². The van der Waals surface area contributed by atoms with Gasteiger partial charge in [-0.25, -0.2) is 0 Å². The van der Waals surface area contributed by atoms with E-state index in [-0.39, 0.29) is 0 Å². The van der Waals surface area contributed by atoms with Crippen molar-refractivity contribution in [2.24, 2.45) is 5.10 Å². The highest BCUT2D eigenvalue weighted by Crippen LogP contribution is 2.04. The van der Waals surface area contributed by atoms with Crippen LogP contribution in [-0.2, 0) is 6.42 Å². The van der Waals surface area contributed by atoms with E-state index in [9.17, 15) is 0 Å². The van der Waals surface area contributed by atoms with Gasteiger partial charge in [0.15, 0.2) is 5.11 Å². The molecule has 0 heterocycles. The van der Waals surface area contributed by atoms with Gasteiger partial charge in [0.05, 0.1) is 0 Å². The first kappa shape index (κ1) is 14.2. The largest absolute Gasteiger partial charge is 0.331 e. The maximum Gasteiger partial charge on any atom is 0.191 e.